The summed E-state index contributed by atoms with van der Waals surface area (Å²) in [7, 11) is 0. The standard InChI is InChI=1S/C38H75NOS/c1-32(2,3)27-35(8,9)39-36(10,11)28-33(4,5)31-23-19-25-38(41,26-20-24-31)40-37(12,13)29-34(6,7)30-21-17-15-14-16-18-22-30/h30-31,39,41H,14-29H2,1-13H3. The molecule has 1 N–H and O–H groups in total. The second-order valence-electron chi connectivity index (χ2n) is 19.3. The van der Waals surface area contributed by atoms with E-state index in [1.807, 2.05) is 0 Å². The van der Waals surface area contributed by atoms with E-state index in [0.717, 1.165) is 31.1 Å². The fraction of sp³-hybridized carbons (Fsp3) is 1.00. The van der Waals surface area contributed by atoms with Crippen LogP contribution in [0.4, 0.5) is 0 Å². The second-order valence-corrected chi connectivity index (χ2v) is 20.1. The molecular weight excluding hydrogens is 518 g/mol. The lowest BCUT2D eigenvalue weighted by atomic mass is 9.66. The third-order valence-corrected chi connectivity index (χ3v) is 11.0. The summed E-state index contributed by atoms with van der Waals surface area (Å²) < 4.78 is 7.03. The predicted octanol–water partition coefficient (Wildman–Crippen LogP) is 12.2. The molecule has 0 aromatic carbocycles. The van der Waals surface area contributed by atoms with Gasteiger partial charge < -0.3 is 10.1 Å². The molecule has 0 atom stereocenters. The Labute approximate surface area is 264 Å². The first-order valence-corrected chi connectivity index (χ1v) is 18.1. The van der Waals surface area contributed by atoms with Crippen molar-refractivity contribution in [2.24, 2.45) is 28.1 Å². The fourth-order valence-corrected chi connectivity index (χ4v) is 10.6. The smallest absolute Gasteiger partial charge is 0.111 e. The third-order valence-electron chi connectivity index (χ3n) is 10.4. The Hall–Kier alpha value is 0.270. The number of rotatable bonds is 11. The van der Waals surface area contributed by atoms with Gasteiger partial charge in [0.25, 0.3) is 0 Å². The molecule has 3 heteroatoms. The molecule has 2 fully saturated rings. The Balaban J connectivity index is 1.97. The maximum atomic E-state index is 7.03. The van der Waals surface area contributed by atoms with Gasteiger partial charge in [0.2, 0.25) is 0 Å². The molecule has 0 radical (unpaired) electrons. The van der Waals surface area contributed by atoms with E-state index in [1.165, 1.54) is 83.5 Å². The summed E-state index contributed by atoms with van der Waals surface area (Å²) in [6.45, 7) is 31.5. The maximum absolute atomic E-state index is 7.03. The van der Waals surface area contributed by atoms with Gasteiger partial charge in [0.15, 0.2) is 0 Å². The fourth-order valence-electron chi connectivity index (χ4n) is 10.0. The molecular formula is C38H75NOS. The van der Waals surface area contributed by atoms with Gasteiger partial charge in [0.05, 0.1) is 5.60 Å². The number of hydrogen-bond donors (Lipinski definition) is 2. The molecule has 2 nitrogen and oxygen atoms in total. The van der Waals surface area contributed by atoms with Crippen molar-refractivity contribution in [2.45, 2.75) is 214 Å². The van der Waals surface area contributed by atoms with Crippen molar-refractivity contribution < 1.29 is 4.74 Å². The first kappa shape index (κ1) is 37.5. The van der Waals surface area contributed by atoms with Gasteiger partial charge >= 0.3 is 0 Å². The van der Waals surface area contributed by atoms with Crippen LogP contribution in [0.5, 0.6) is 0 Å². The van der Waals surface area contributed by atoms with Crippen LogP contribution in [0, 0.1) is 28.1 Å². The summed E-state index contributed by atoms with van der Waals surface area (Å²) in [4.78, 5) is -0.298. The van der Waals surface area contributed by atoms with Gasteiger partial charge in [-0.2, -0.15) is 0 Å². The monoisotopic (exact) mass is 594 g/mol. The van der Waals surface area contributed by atoms with Crippen molar-refractivity contribution in [3.63, 3.8) is 0 Å². The molecule has 0 heterocycles. The van der Waals surface area contributed by atoms with E-state index in [-0.39, 0.29) is 21.6 Å². The van der Waals surface area contributed by atoms with Gasteiger partial charge in [0, 0.05) is 11.1 Å². The highest BCUT2D eigenvalue weighted by Crippen LogP contribution is 2.48. The molecule has 0 bridgehead atoms. The lowest BCUT2D eigenvalue weighted by molar-refractivity contribution is -0.125. The highest BCUT2D eigenvalue weighted by molar-refractivity contribution is 7.81. The highest BCUT2D eigenvalue weighted by Gasteiger charge is 2.43. The van der Waals surface area contributed by atoms with Crippen LogP contribution in [-0.2, 0) is 4.74 Å². The molecule has 0 unspecified atom stereocenters. The minimum atomic E-state index is -0.298. The number of hydrogen-bond acceptors (Lipinski definition) is 3. The zero-order valence-corrected chi connectivity index (χ0v) is 31.2. The van der Waals surface area contributed by atoms with E-state index in [2.05, 4.69) is 95.3 Å². The van der Waals surface area contributed by atoms with E-state index in [9.17, 15) is 0 Å². The van der Waals surface area contributed by atoms with Crippen molar-refractivity contribution in [2.75, 3.05) is 0 Å². The molecule has 41 heavy (non-hydrogen) atoms. The molecule has 2 saturated carbocycles. The summed E-state index contributed by atoms with van der Waals surface area (Å²) in [5, 5.41) is 4.07. The van der Waals surface area contributed by atoms with Gasteiger partial charge in [-0.3, -0.25) is 0 Å². The van der Waals surface area contributed by atoms with E-state index >= 15 is 0 Å². The average Bonchev–Trinajstić information content (AvgIpc) is 2.65. The van der Waals surface area contributed by atoms with Crippen LogP contribution < -0.4 is 5.32 Å². The summed E-state index contributed by atoms with van der Waals surface area (Å²) >= 11 is 5.29. The van der Waals surface area contributed by atoms with Gasteiger partial charge in [-0.15, -0.1) is 12.6 Å². The number of thiol groups is 1. The van der Waals surface area contributed by atoms with E-state index in [4.69, 9.17) is 17.4 Å². The Morgan fingerprint density at radius 3 is 1.41 bits per heavy atom. The molecule has 0 aliphatic heterocycles. The van der Waals surface area contributed by atoms with Crippen LogP contribution in [0.3, 0.4) is 0 Å². The van der Waals surface area contributed by atoms with Crippen LogP contribution in [0.2, 0.25) is 0 Å². The quantitative estimate of drug-likeness (QED) is 0.184. The van der Waals surface area contributed by atoms with Crippen molar-refractivity contribution in [3.05, 3.63) is 0 Å². The Kier molecular flexibility index (Phi) is 12.9. The third kappa shape index (κ3) is 13.4. The Morgan fingerprint density at radius 2 is 0.951 bits per heavy atom. The lowest BCUT2D eigenvalue weighted by Crippen LogP contribution is -2.55. The van der Waals surface area contributed by atoms with Crippen LogP contribution >= 0.6 is 12.6 Å². The molecule has 244 valence electrons. The Bertz CT molecular complexity index is 769. The maximum Gasteiger partial charge on any atom is 0.111 e. The minimum absolute atomic E-state index is 0.102. The van der Waals surface area contributed by atoms with Gasteiger partial charge in [0.1, 0.15) is 4.93 Å². The van der Waals surface area contributed by atoms with E-state index in [1.54, 1.807) is 0 Å². The van der Waals surface area contributed by atoms with Crippen molar-refractivity contribution in [3.8, 4) is 0 Å². The van der Waals surface area contributed by atoms with E-state index < -0.39 is 0 Å². The number of ether oxygens (including phenoxy) is 1. The molecule has 2 aliphatic carbocycles. The largest absolute Gasteiger partial charge is 0.359 e. The Morgan fingerprint density at radius 1 is 0.561 bits per heavy atom. The summed E-state index contributed by atoms with van der Waals surface area (Å²) in [5.74, 6) is 1.57. The normalized spacial score (nSPS) is 25.8. The molecule has 0 spiro atoms. The number of nitrogens with one attached hydrogen (secondary N) is 1. The summed E-state index contributed by atoms with van der Waals surface area (Å²) in [5.41, 5.74) is 1.00. The SMILES string of the molecule is CC(C)(C)CC(C)(C)NC(C)(C)CC(C)(C)C1CCCC(S)(OC(C)(C)CC(C)(C)C2CCCCCCC2)CCC1. The average molecular weight is 594 g/mol. The minimum Gasteiger partial charge on any atom is -0.359 e. The lowest BCUT2D eigenvalue weighted by Gasteiger charge is -2.48. The zero-order chi connectivity index (χ0) is 31.4. The summed E-state index contributed by atoms with van der Waals surface area (Å²) in [6, 6.07) is 0. The van der Waals surface area contributed by atoms with Gasteiger partial charge in [-0.1, -0.05) is 80.6 Å². The second kappa shape index (κ2) is 14.1. The first-order chi connectivity index (χ1) is 18.5. The summed E-state index contributed by atoms with van der Waals surface area (Å²) in [6.07, 6.45) is 20.5. The molecule has 0 amide bonds. The van der Waals surface area contributed by atoms with Gasteiger partial charge in [-0.25, -0.2) is 0 Å². The van der Waals surface area contributed by atoms with Gasteiger partial charge in [-0.05, 0) is 140 Å². The van der Waals surface area contributed by atoms with Crippen molar-refractivity contribution in [1.82, 2.24) is 5.32 Å². The highest BCUT2D eigenvalue weighted by atomic mass is 32.1. The molecule has 0 saturated heterocycles. The van der Waals surface area contributed by atoms with E-state index in [0.29, 0.717) is 16.2 Å². The van der Waals surface area contributed by atoms with Crippen LogP contribution in [0.1, 0.15) is 193 Å². The molecule has 0 aromatic rings. The van der Waals surface area contributed by atoms with Crippen LogP contribution in [0.15, 0.2) is 0 Å². The van der Waals surface area contributed by atoms with Crippen LogP contribution in [-0.4, -0.2) is 21.6 Å². The molecule has 2 rings (SSSR count). The zero-order valence-electron chi connectivity index (χ0n) is 30.3. The predicted molar refractivity (Wildman–Crippen MR) is 186 cm³/mol. The molecule has 2 aliphatic rings. The molecule has 0 aromatic heterocycles. The van der Waals surface area contributed by atoms with Crippen LogP contribution in [0.25, 0.3) is 0 Å². The van der Waals surface area contributed by atoms with Crippen molar-refractivity contribution >= 4 is 12.6 Å². The van der Waals surface area contributed by atoms with Crippen molar-refractivity contribution in [1.29, 1.82) is 0 Å². The topological polar surface area (TPSA) is 21.3 Å². The first-order valence-electron chi connectivity index (χ1n) is 17.7.